The molecule has 0 fully saturated rings. The van der Waals surface area contributed by atoms with Crippen LogP contribution in [0.4, 0.5) is 0 Å². The van der Waals surface area contributed by atoms with Gasteiger partial charge in [-0.25, -0.2) is 15.0 Å². The predicted molar refractivity (Wildman–Crippen MR) is 131 cm³/mol. The molecule has 0 spiro atoms. The van der Waals surface area contributed by atoms with Crippen molar-refractivity contribution < 1.29 is 0 Å². The van der Waals surface area contributed by atoms with E-state index < -0.39 is 0 Å². The van der Waals surface area contributed by atoms with Crippen molar-refractivity contribution in [3.63, 3.8) is 0 Å². The van der Waals surface area contributed by atoms with Crippen molar-refractivity contribution in [1.82, 2.24) is 44.6 Å². The number of benzene rings is 1. The van der Waals surface area contributed by atoms with Crippen LogP contribution in [0.5, 0.6) is 0 Å². The molecule has 0 bridgehead atoms. The van der Waals surface area contributed by atoms with E-state index in [-0.39, 0.29) is 0 Å². The highest BCUT2D eigenvalue weighted by Crippen LogP contribution is 2.31. The van der Waals surface area contributed by atoms with E-state index in [2.05, 4.69) is 67.3 Å². The molecule has 0 radical (unpaired) electrons. The molecule has 6 aromatic rings. The van der Waals surface area contributed by atoms with Gasteiger partial charge in [-0.05, 0) is 56.4 Å². The number of H-pyrrole nitrogens is 2. The van der Waals surface area contributed by atoms with Gasteiger partial charge in [0.2, 0.25) is 0 Å². The minimum atomic E-state index is 0.631. The highest BCUT2D eigenvalue weighted by molar-refractivity contribution is 5.96. The number of pyridine rings is 2. The molecule has 6 rings (SSSR count). The Morgan fingerprint density at radius 2 is 1.94 bits per heavy atom. The molecule has 0 saturated heterocycles. The second-order valence-electron chi connectivity index (χ2n) is 8.69. The number of nitrogens with zero attached hydrogens (tertiary/aromatic N) is 7. The third-order valence-corrected chi connectivity index (χ3v) is 5.77. The molecule has 34 heavy (non-hydrogen) atoms. The zero-order valence-electron chi connectivity index (χ0n) is 19.1. The van der Waals surface area contributed by atoms with Gasteiger partial charge < -0.3 is 14.5 Å². The van der Waals surface area contributed by atoms with Gasteiger partial charge in [0.05, 0.1) is 23.2 Å². The smallest absolute Gasteiger partial charge is 0.180 e. The number of imidazole rings is 2. The van der Waals surface area contributed by atoms with Crippen LogP contribution in [-0.4, -0.2) is 58.7 Å². The molecule has 0 amide bonds. The van der Waals surface area contributed by atoms with Crippen LogP contribution in [0, 0.1) is 6.92 Å². The van der Waals surface area contributed by atoms with Crippen LogP contribution >= 0.6 is 0 Å². The number of aromatic amines is 2. The van der Waals surface area contributed by atoms with E-state index >= 15 is 0 Å². The average Bonchev–Trinajstić information content (AvgIpc) is 3.55. The Labute approximate surface area is 195 Å². The quantitative estimate of drug-likeness (QED) is 0.410. The Morgan fingerprint density at radius 1 is 1.03 bits per heavy atom. The zero-order chi connectivity index (χ0) is 23.2. The Hall–Kier alpha value is -4.37. The number of fused-ring (bicyclic) bond motifs is 2. The molecule has 0 aliphatic rings. The van der Waals surface area contributed by atoms with Crippen LogP contribution in [0.25, 0.3) is 50.4 Å². The van der Waals surface area contributed by atoms with Crippen LogP contribution in [0.3, 0.4) is 0 Å². The highest BCUT2D eigenvalue weighted by Gasteiger charge is 2.16. The Bertz CT molecular complexity index is 1640. The molecule has 1 aromatic carbocycles. The molecule has 9 nitrogen and oxygen atoms in total. The second-order valence-corrected chi connectivity index (χ2v) is 8.69. The summed E-state index contributed by atoms with van der Waals surface area (Å²) < 4.78 is 1.97. The van der Waals surface area contributed by atoms with Crippen molar-refractivity contribution in [2.45, 2.75) is 13.5 Å². The average molecular weight is 450 g/mol. The summed E-state index contributed by atoms with van der Waals surface area (Å²) in [6.45, 7) is 2.80. The lowest BCUT2D eigenvalue weighted by atomic mass is 10.0. The number of rotatable bonds is 5. The van der Waals surface area contributed by atoms with Gasteiger partial charge >= 0.3 is 0 Å². The molecule has 5 heterocycles. The standard InChI is InChI=1S/C25H23N9/c1-15-12-34(14-28-15)21-6-7-27-24-23(21)29-25(30-24)22-19-9-17(4-5-20(19)31-32-22)18-8-16(10-26-11-18)13-33(2)3/h4-12,14H,13H2,1-3H3,(H,31,32)(H,27,29,30). The first-order valence-corrected chi connectivity index (χ1v) is 11.0. The fraction of sp³-hybridized carbons (Fsp3) is 0.160. The lowest BCUT2D eigenvalue weighted by Gasteiger charge is -2.10. The topological polar surface area (TPSA) is 104 Å². The van der Waals surface area contributed by atoms with Crippen LogP contribution in [0.15, 0.2) is 61.4 Å². The number of nitrogens with one attached hydrogen (secondary N) is 2. The maximum absolute atomic E-state index is 4.75. The SMILES string of the molecule is Cc1cn(-c2ccnc3nc(-c4n[nH]c5ccc(-c6cncc(CN(C)C)c6)cc45)[nH]c23)cn1. The van der Waals surface area contributed by atoms with E-state index in [1.807, 2.05) is 42.2 Å². The van der Waals surface area contributed by atoms with Crippen molar-refractivity contribution in [1.29, 1.82) is 0 Å². The van der Waals surface area contributed by atoms with Gasteiger partial charge in [0.15, 0.2) is 11.5 Å². The first-order chi connectivity index (χ1) is 16.5. The normalized spacial score (nSPS) is 11.8. The number of aromatic nitrogens is 8. The molecule has 0 aliphatic heterocycles. The maximum atomic E-state index is 4.75. The van der Waals surface area contributed by atoms with Crippen LogP contribution in [0.2, 0.25) is 0 Å². The summed E-state index contributed by atoms with van der Waals surface area (Å²) in [4.78, 5) is 23.6. The molecule has 9 heteroatoms. The molecule has 0 atom stereocenters. The van der Waals surface area contributed by atoms with Gasteiger partial charge in [-0.15, -0.1) is 0 Å². The Morgan fingerprint density at radius 3 is 2.76 bits per heavy atom. The largest absolute Gasteiger partial charge is 0.333 e. The Balaban J connectivity index is 1.45. The van der Waals surface area contributed by atoms with Gasteiger partial charge in [-0.1, -0.05) is 6.07 Å². The van der Waals surface area contributed by atoms with Crippen molar-refractivity contribution in [3.8, 4) is 28.3 Å². The first-order valence-electron chi connectivity index (χ1n) is 11.0. The van der Waals surface area contributed by atoms with Gasteiger partial charge in [-0.3, -0.25) is 10.1 Å². The number of aryl methyl sites for hydroxylation is 1. The van der Waals surface area contributed by atoms with Gasteiger partial charge in [0.25, 0.3) is 0 Å². The van der Waals surface area contributed by atoms with Gasteiger partial charge in [0.1, 0.15) is 11.2 Å². The molecule has 0 unspecified atom stereocenters. The van der Waals surface area contributed by atoms with Crippen molar-refractivity contribution in [2.75, 3.05) is 14.1 Å². The fourth-order valence-corrected chi connectivity index (χ4v) is 4.25. The minimum Gasteiger partial charge on any atom is -0.333 e. The maximum Gasteiger partial charge on any atom is 0.180 e. The zero-order valence-corrected chi connectivity index (χ0v) is 19.1. The summed E-state index contributed by atoms with van der Waals surface area (Å²) >= 11 is 0. The van der Waals surface area contributed by atoms with E-state index in [0.29, 0.717) is 11.5 Å². The molecule has 0 saturated carbocycles. The Kier molecular flexibility index (Phi) is 4.70. The minimum absolute atomic E-state index is 0.631. The monoisotopic (exact) mass is 449 g/mol. The summed E-state index contributed by atoms with van der Waals surface area (Å²) in [6.07, 6.45) is 9.33. The third-order valence-electron chi connectivity index (χ3n) is 5.77. The number of hydrogen-bond donors (Lipinski definition) is 2. The highest BCUT2D eigenvalue weighted by atomic mass is 15.1. The summed E-state index contributed by atoms with van der Waals surface area (Å²) in [5.41, 5.74) is 8.35. The molecular formula is C25H23N9. The van der Waals surface area contributed by atoms with Gasteiger partial charge in [-0.2, -0.15) is 5.10 Å². The third kappa shape index (κ3) is 3.52. The van der Waals surface area contributed by atoms with E-state index in [9.17, 15) is 0 Å². The molecule has 5 aromatic heterocycles. The molecular weight excluding hydrogens is 426 g/mol. The van der Waals surface area contributed by atoms with Crippen molar-refractivity contribution in [2.24, 2.45) is 0 Å². The predicted octanol–water partition coefficient (Wildman–Crippen LogP) is 4.12. The summed E-state index contributed by atoms with van der Waals surface area (Å²) in [6, 6.07) is 10.4. The first kappa shape index (κ1) is 20.3. The van der Waals surface area contributed by atoms with E-state index in [0.717, 1.165) is 51.2 Å². The molecule has 2 N–H and O–H groups in total. The second kappa shape index (κ2) is 7.89. The van der Waals surface area contributed by atoms with Crippen LogP contribution < -0.4 is 0 Å². The van der Waals surface area contributed by atoms with E-state index in [1.165, 1.54) is 5.56 Å². The van der Waals surface area contributed by atoms with Crippen LogP contribution in [0.1, 0.15) is 11.3 Å². The van der Waals surface area contributed by atoms with E-state index in [1.54, 1.807) is 12.5 Å². The summed E-state index contributed by atoms with van der Waals surface area (Å²) in [5, 5.41) is 8.68. The van der Waals surface area contributed by atoms with Gasteiger partial charge in [0, 0.05) is 42.3 Å². The molecule has 168 valence electrons. The summed E-state index contributed by atoms with van der Waals surface area (Å²) in [7, 11) is 4.11. The lowest BCUT2D eigenvalue weighted by molar-refractivity contribution is 0.402. The fourth-order valence-electron chi connectivity index (χ4n) is 4.25. The number of hydrogen-bond acceptors (Lipinski definition) is 6. The van der Waals surface area contributed by atoms with Crippen molar-refractivity contribution >= 4 is 22.1 Å². The molecule has 0 aliphatic carbocycles. The summed E-state index contributed by atoms with van der Waals surface area (Å²) in [5.74, 6) is 0.662. The lowest BCUT2D eigenvalue weighted by Crippen LogP contribution is -2.10. The van der Waals surface area contributed by atoms with E-state index in [4.69, 9.17) is 4.98 Å². The van der Waals surface area contributed by atoms with Crippen molar-refractivity contribution in [3.05, 3.63) is 72.7 Å². The van der Waals surface area contributed by atoms with Crippen LogP contribution in [-0.2, 0) is 6.54 Å².